The minimum atomic E-state index is 0.541. The summed E-state index contributed by atoms with van der Waals surface area (Å²) in [6.45, 7) is 0. The second-order valence-corrected chi connectivity index (χ2v) is 5.44. The summed E-state index contributed by atoms with van der Waals surface area (Å²) >= 11 is 0. The Morgan fingerprint density at radius 2 is 1.35 bits per heavy atom. The minimum Gasteiger partial charge on any atom is -0.0773 e. The van der Waals surface area contributed by atoms with Crippen molar-refractivity contribution in [2.45, 2.75) is 6.42 Å². The van der Waals surface area contributed by atoms with Crippen molar-refractivity contribution in [2.24, 2.45) is 5.92 Å². The van der Waals surface area contributed by atoms with Gasteiger partial charge in [-0.15, -0.1) is 0 Å². The zero-order valence-electron chi connectivity index (χ0n) is 11.3. The molecule has 0 bridgehead atoms. The number of rotatable bonds is 2. The van der Waals surface area contributed by atoms with Gasteiger partial charge in [-0.05, 0) is 39.4 Å². The molecule has 0 spiro atoms. The van der Waals surface area contributed by atoms with Crippen LogP contribution in [0.3, 0.4) is 0 Å². The maximum Gasteiger partial charge on any atom is -0.000661 e. The molecule has 1 aliphatic rings. The second-order valence-electron chi connectivity index (χ2n) is 5.44. The van der Waals surface area contributed by atoms with Crippen LogP contribution in [0.15, 0.2) is 78.9 Å². The first-order valence-corrected chi connectivity index (χ1v) is 7.16. The van der Waals surface area contributed by atoms with Gasteiger partial charge < -0.3 is 0 Å². The van der Waals surface area contributed by atoms with Crippen molar-refractivity contribution < 1.29 is 0 Å². The average molecular weight is 256 g/mol. The van der Waals surface area contributed by atoms with E-state index in [1.54, 1.807) is 0 Å². The monoisotopic (exact) mass is 256 g/mol. The van der Waals surface area contributed by atoms with E-state index in [0.717, 1.165) is 6.42 Å². The van der Waals surface area contributed by atoms with Gasteiger partial charge in [0.15, 0.2) is 0 Å². The Hall–Kier alpha value is -2.34. The third kappa shape index (κ3) is 1.85. The van der Waals surface area contributed by atoms with E-state index in [1.165, 1.54) is 27.1 Å². The van der Waals surface area contributed by atoms with Crippen LogP contribution < -0.4 is 0 Å². The van der Waals surface area contributed by atoms with Crippen LogP contribution >= 0.6 is 0 Å². The molecular weight excluding hydrogens is 240 g/mol. The highest BCUT2D eigenvalue weighted by atomic mass is 14.1. The summed E-state index contributed by atoms with van der Waals surface area (Å²) in [6.07, 6.45) is 9.94. The SMILES string of the molecule is C1=CC(Cc2cc3ccccc3c3ccccc23)C=C1. The third-order valence-corrected chi connectivity index (χ3v) is 4.14. The zero-order valence-corrected chi connectivity index (χ0v) is 11.3. The van der Waals surface area contributed by atoms with E-state index in [-0.39, 0.29) is 0 Å². The Balaban J connectivity index is 1.97. The highest BCUT2D eigenvalue weighted by Crippen LogP contribution is 2.30. The van der Waals surface area contributed by atoms with E-state index in [0.29, 0.717) is 5.92 Å². The molecule has 20 heavy (non-hydrogen) atoms. The summed E-state index contributed by atoms with van der Waals surface area (Å²) in [4.78, 5) is 0. The second kappa shape index (κ2) is 4.64. The van der Waals surface area contributed by atoms with Crippen LogP contribution in [0.25, 0.3) is 21.5 Å². The van der Waals surface area contributed by atoms with Gasteiger partial charge in [0.05, 0.1) is 0 Å². The number of fused-ring (bicyclic) bond motifs is 3. The van der Waals surface area contributed by atoms with E-state index < -0.39 is 0 Å². The largest absolute Gasteiger partial charge is 0.0773 e. The Labute approximate surface area is 119 Å². The van der Waals surface area contributed by atoms with Gasteiger partial charge in [0, 0.05) is 0 Å². The first-order chi connectivity index (χ1) is 9.92. The standard InChI is InChI=1S/C20H16/c1-2-8-15(7-1)13-17-14-16-9-3-4-10-18(16)20-12-6-5-11-19(17)20/h1-12,14-15H,13H2. The Morgan fingerprint density at radius 3 is 2.15 bits per heavy atom. The van der Waals surface area contributed by atoms with Crippen LogP contribution in [0.1, 0.15) is 5.56 Å². The van der Waals surface area contributed by atoms with Gasteiger partial charge in [-0.25, -0.2) is 0 Å². The van der Waals surface area contributed by atoms with Crippen molar-refractivity contribution in [1.82, 2.24) is 0 Å². The normalized spacial score (nSPS) is 14.6. The quantitative estimate of drug-likeness (QED) is 0.547. The van der Waals surface area contributed by atoms with Crippen LogP contribution in [-0.4, -0.2) is 0 Å². The molecular formula is C20H16. The van der Waals surface area contributed by atoms with Gasteiger partial charge in [0.2, 0.25) is 0 Å². The summed E-state index contributed by atoms with van der Waals surface area (Å²) in [5.41, 5.74) is 1.44. The lowest BCUT2D eigenvalue weighted by Crippen LogP contribution is -1.97. The minimum absolute atomic E-state index is 0.541. The maximum absolute atomic E-state index is 2.36. The summed E-state index contributed by atoms with van der Waals surface area (Å²) in [7, 11) is 0. The summed E-state index contributed by atoms with van der Waals surface area (Å²) in [6, 6.07) is 19.8. The molecule has 1 aliphatic carbocycles. The van der Waals surface area contributed by atoms with Gasteiger partial charge in [0.25, 0.3) is 0 Å². The van der Waals surface area contributed by atoms with Crippen LogP contribution in [-0.2, 0) is 6.42 Å². The first kappa shape index (κ1) is 11.5. The van der Waals surface area contributed by atoms with Gasteiger partial charge in [-0.1, -0.05) is 78.9 Å². The number of benzene rings is 3. The van der Waals surface area contributed by atoms with Gasteiger partial charge >= 0.3 is 0 Å². The van der Waals surface area contributed by atoms with Gasteiger partial charge in [0.1, 0.15) is 0 Å². The van der Waals surface area contributed by atoms with Crippen LogP contribution in [0, 0.1) is 5.92 Å². The molecule has 0 saturated heterocycles. The highest BCUT2D eigenvalue weighted by Gasteiger charge is 2.10. The Bertz CT molecular complexity index is 825. The van der Waals surface area contributed by atoms with Crippen LogP contribution in [0.4, 0.5) is 0 Å². The van der Waals surface area contributed by atoms with E-state index in [2.05, 4.69) is 78.9 Å². The fourth-order valence-corrected chi connectivity index (χ4v) is 3.17. The molecule has 0 saturated carbocycles. The molecule has 0 N–H and O–H groups in total. The van der Waals surface area contributed by atoms with Crippen molar-refractivity contribution in [3.8, 4) is 0 Å². The average Bonchev–Trinajstić information content (AvgIpc) is 3.00. The molecule has 3 aromatic rings. The molecule has 4 rings (SSSR count). The maximum atomic E-state index is 2.36. The number of allylic oxidation sites excluding steroid dienone is 4. The fourth-order valence-electron chi connectivity index (χ4n) is 3.17. The van der Waals surface area contributed by atoms with Crippen molar-refractivity contribution in [3.05, 3.63) is 84.5 Å². The highest BCUT2D eigenvalue weighted by molar-refractivity contribution is 6.08. The lowest BCUT2D eigenvalue weighted by molar-refractivity contribution is 0.822. The Morgan fingerprint density at radius 1 is 0.700 bits per heavy atom. The van der Waals surface area contributed by atoms with E-state index in [4.69, 9.17) is 0 Å². The molecule has 0 fully saturated rings. The molecule has 0 heterocycles. The predicted octanol–water partition coefficient (Wildman–Crippen LogP) is 5.28. The third-order valence-electron chi connectivity index (χ3n) is 4.14. The van der Waals surface area contributed by atoms with Crippen molar-refractivity contribution in [2.75, 3.05) is 0 Å². The van der Waals surface area contributed by atoms with E-state index in [1.807, 2.05) is 0 Å². The lowest BCUT2D eigenvalue weighted by Gasteiger charge is -2.12. The van der Waals surface area contributed by atoms with Crippen molar-refractivity contribution >= 4 is 21.5 Å². The van der Waals surface area contributed by atoms with E-state index in [9.17, 15) is 0 Å². The first-order valence-electron chi connectivity index (χ1n) is 7.16. The lowest BCUT2D eigenvalue weighted by atomic mass is 9.92. The van der Waals surface area contributed by atoms with Crippen molar-refractivity contribution in [1.29, 1.82) is 0 Å². The molecule has 3 aromatic carbocycles. The van der Waals surface area contributed by atoms with Crippen molar-refractivity contribution in [3.63, 3.8) is 0 Å². The topological polar surface area (TPSA) is 0 Å². The fraction of sp³-hybridized carbons (Fsp3) is 0.100. The predicted molar refractivity (Wildman–Crippen MR) is 86.9 cm³/mol. The smallest absolute Gasteiger partial charge is 0.000661 e. The molecule has 0 unspecified atom stereocenters. The van der Waals surface area contributed by atoms with Crippen LogP contribution in [0.2, 0.25) is 0 Å². The molecule has 0 aliphatic heterocycles. The number of hydrogen-bond acceptors (Lipinski definition) is 0. The molecule has 0 atom stereocenters. The molecule has 0 nitrogen and oxygen atoms in total. The summed E-state index contributed by atoms with van der Waals surface area (Å²) in [5.74, 6) is 0.541. The number of hydrogen-bond donors (Lipinski definition) is 0. The molecule has 0 heteroatoms. The van der Waals surface area contributed by atoms with E-state index >= 15 is 0 Å². The summed E-state index contributed by atoms with van der Waals surface area (Å²) < 4.78 is 0. The van der Waals surface area contributed by atoms with Gasteiger partial charge in [-0.2, -0.15) is 0 Å². The van der Waals surface area contributed by atoms with Crippen LogP contribution in [0.5, 0.6) is 0 Å². The zero-order chi connectivity index (χ0) is 13.4. The molecule has 0 amide bonds. The molecule has 96 valence electrons. The molecule has 0 radical (unpaired) electrons. The Kier molecular flexibility index (Phi) is 2.67. The molecule has 0 aromatic heterocycles. The summed E-state index contributed by atoms with van der Waals surface area (Å²) in [5, 5.41) is 5.45. The van der Waals surface area contributed by atoms with Gasteiger partial charge in [-0.3, -0.25) is 0 Å².